The van der Waals surface area contributed by atoms with Crippen molar-refractivity contribution in [3.05, 3.63) is 123 Å². The van der Waals surface area contributed by atoms with Gasteiger partial charge in [-0.15, -0.1) is 0 Å². The molecular formula is C35H27F6NO3SSe. The quantitative estimate of drug-likeness (QED) is 0.0880. The first kappa shape index (κ1) is 34.3. The van der Waals surface area contributed by atoms with E-state index in [4.69, 9.17) is 14.8 Å². The van der Waals surface area contributed by atoms with Gasteiger partial charge in [0.15, 0.2) is 0 Å². The van der Waals surface area contributed by atoms with Crippen LogP contribution in [0.5, 0.6) is 5.75 Å². The van der Waals surface area contributed by atoms with Crippen LogP contribution in [0.2, 0.25) is 0 Å². The van der Waals surface area contributed by atoms with Crippen LogP contribution in [0.1, 0.15) is 37.6 Å². The third kappa shape index (κ3) is 8.68. The fourth-order valence-electron chi connectivity index (χ4n) is 4.90. The number of aromatic nitrogens is 1. The van der Waals surface area contributed by atoms with E-state index in [0.717, 1.165) is 55.0 Å². The van der Waals surface area contributed by atoms with E-state index in [1.54, 1.807) is 36.0 Å². The summed E-state index contributed by atoms with van der Waals surface area (Å²) in [6.07, 6.45) is -8.34. The van der Waals surface area contributed by atoms with Gasteiger partial charge in [0.25, 0.3) is 0 Å². The van der Waals surface area contributed by atoms with Gasteiger partial charge in [0, 0.05) is 0 Å². The molecule has 244 valence electrons. The average Bonchev–Trinajstić information content (AvgIpc) is 3.41. The fraction of sp³-hybridized carbons (Fsp3) is 0.200. The van der Waals surface area contributed by atoms with Gasteiger partial charge in [-0.3, -0.25) is 0 Å². The Balaban J connectivity index is 1.45. The van der Waals surface area contributed by atoms with Crippen LogP contribution in [0.3, 0.4) is 0 Å². The Morgan fingerprint density at radius 3 is 2.11 bits per heavy atom. The Morgan fingerprint density at radius 1 is 0.830 bits per heavy atom. The SMILES string of the molecule is Cc1cc(SC(Cc2ccc(-c3cccc(C(F)(F)F)c3)cc2)c2[se]c(-c3ccc(C(F)(F)F)cc3)nc2C)ccc1OCC(=O)O. The van der Waals surface area contributed by atoms with Crippen LogP contribution < -0.4 is 4.74 Å². The van der Waals surface area contributed by atoms with Crippen molar-refractivity contribution in [3.63, 3.8) is 0 Å². The number of rotatable bonds is 10. The first-order valence-electron chi connectivity index (χ1n) is 14.2. The van der Waals surface area contributed by atoms with Crippen molar-refractivity contribution in [3.8, 4) is 27.0 Å². The molecule has 1 unspecified atom stereocenters. The van der Waals surface area contributed by atoms with E-state index in [-0.39, 0.29) is 19.8 Å². The second-order valence-corrected chi connectivity index (χ2v) is 14.2. The molecule has 1 heterocycles. The van der Waals surface area contributed by atoms with Gasteiger partial charge in [-0.2, -0.15) is 0 Å². The standard InChI is InChI=1S/C35H27F6NO3SSe/c1-20-16-28(14-15-29(20)45-19-31(43)44)46-30(32-21(2)42-33(47-32)24-10-12-26(13-11-24)34(36,37)38)17-22-6-8-23(9-7-22)25-4-3-5-27(18-25)35(39,40)41/h3-16,18,30H,17,19H2,1-2H3,(H,43,44). The molecule has 4 nitrogen and oxygen atoms in total. The number of hydrogen-bond donors (Lipinski definition) is 1. The number of benzene rings is 4. The van der Waals surface area contributed by atoms with Crippen molar-refractivity contribution >= 4 is 32.2 Å². The van der Waals surface area contributed by atoms with Gasteiger partial charge in [0.2, 0.25) is 0 Å². The zero-order valence-corrected chi connectivity index (χ0v) is 27.5. The minimum absolute atomic E-state index is 0.129. The maximum atomic E-state index is 13.3. The van der Waals surface area contributed by atoms with Gasteiger partial charge in [-0.25, -0.2) is 0 Å². The Labute approximate surface area is 277 Å². The van der Waals surface area contributed by atoms with Gasteiger partial charge in [0.05, 0.1) is 0 Å². The molecule has 0 aliphatic rings. The topological polar surface area (TPSA) is 59.4 Å². The molecule has 0 saturated heterocycles. The molecule has 0 aliphatic heterocycles. The number of thioether (sulfide) groups is 1. The summed E-state index contributed by atoms with van der Waals surface area (Å²) < 4.78 is 86.4. The van der Waals surface area contributed by atoms with Crippen molar-refractivity contribution in [2.24, 2.45) is 0 Å². The van der Waals surface area contributed by atoms with E-state index < -0.39 is 36.1 Å². The zero-order valence-electron chi connectivity index (χ0n) is 24.9. The molecule has 0 saturated carbocycles. The van der Waals surface area contributed by atoms with Crippen molar-refractivity contribution in [2.45, 2.75) is 42.8 Å². The van der Waals surface area contributed by atoms with Crippen LogP contribution in [0.25, 0.3) is 21.3 Å². The van der Waals surface area contributed by atoms with Crippen molar-refractivity contribution in [1.29, 1.82) is 0 Å². The summed E-state index contributed by atoms with van der Waals surface area (Å²) in [7, 11) is 0. The predicted molar refractivity (Wildman–Crippen MR) is 170 cm³/mol. The summed E-state index contributed by atoms with van der Waals surface area (Å²) in [4.78, 5) is 16.6. The molecule has 1 atom stereocenters. The van der Waals surface area contributed by atoms with E-state index >= 15 is 0 Å². The molecule has 5 aromatic rings. The van der Waals surface area contributed by atoms with E-state index in [1.165, 1.54) is 18.2 Å². The normalized spacial score (nSPS) is 12.6. The summed E-state index contributed by atoms with van der Waals surface area (Å²) in [5.74, 6) is -0.636. The van der Waals surface area contributed by atoms with E-state index in [2.05, 4.69) is 0 Å². The monoisotopic (exact) mass is 735 g/mol. The van der Waals surface area contributed by atoms with Gasteiger partial charge in [-0.05, 0) is 0 Å². The molecule has 0 bridgehead atoms. The van der Waals surface area contributed by atoms with Crippen molar-refractivity contribution in [1.82, 2.24) is 4.98 Å². The molecule has 0 amide bonds. The van der Waals surface area contributed by atoms with Gasteiger partial charge < -0.3 is 0 Å². The van der Waals surface area contributed by atoms with Gasteiger partial charge in [-0.1, -0.05) is 0 Å². The molecule has 12 heteroatoms. The third-order valence-corrected chi connectivity index (χ3v) is 11.6. The molecule has 47 heavy (non-hydrogen) atoms. The first-order valence-corrected chi connectivity index (χ1v) is 16.8. The molecular weight excluding hydrogens is 707 g/mol. The predicted octanol–water partition coefficient (Wildman–Crippen LogP) is 9.67. The molecule has 1 aromatic heterocycles. The summed E-state index contributed by atoms with van der Waals surface area (Å²) in [5, 5.41) is 8.84. The second kappa shape index (κ2) is 14.0. The first-order chi connectivity index (χ1) is 22.2. The van der Waals surface area contributed by atoms with Gasteiger partial charge in [0.1, 0.15) is 0 Å². The van der Waals surface area contributed by atoms with E-state index in [1.807, 2.05) is 38.1 Å². The van der Waals surface area contributed by atoms with Crippen molar-refractivity contribution in [2.75, 3.05) is 6.61 Å². The second-order valence-electron chi connectivity index (χ2n) is 10.7. The minimum atomic E-state index is -4.45. The van der Waals surface area contributed by atoms with E-state index in [9.17, 15) is 31.1 Å². The number of ether oxygens (including phenoxy) is 1. The number of alkyl halides is 6. The van der Waals surface area contributed by atoms with Crippen LogP contribution in [-0.4, -0.2) is 37.2 Å². The maximum absolute atomic E-state index is 13.3. The average molecular weight is 735 g/mol. The molecule has 5 rings (SSSR count). The molecule has 0 spiro atoms. The van der Waals surface area contributed by atoms with Gasteiger partial charge >= 0.3 is 278 Å². The number of carbonyl (C=O) groups is 1. The van der Waals surface area contributed by atoms with Crippen molar-refractivity contribution < 1.29 is 41.0 Å². The summed E-state index contributed by atoms with van der Waals surface area (Å²) in [5.41, 5.74) is 2.74. The number of halogens is 6. The number of aliphatic carboxylic acids is 1. The third-order valence-electron chi connectivity index (χ3n) is 7.26. The number of hydrogen-bond acceptors (Lipinski definition) is 4. The zero-order chi connectivity index (χ0) is 33.9. The molecule has 1 N–H and O–H groups in total. The van der Waals surface area contributed by atoms with Crippen LogP contribution in [0.15, 0.2) is 95.9 Å². The van der Waals surface area contributed by atoms with Crippen LogP contribution in [0, 0.1) is 13.8 Å². The fourth-order valence-corrected chi connectivity index (χ4v) is 8.94. The summed E-state index contributed by atoms with van der Waals surface area (Å²) in [6, 6.07) is 22.9. The molecule has 0 radical (unpaired) electrons. The number of carboxylic acids is 1. The number of carboxylic acid groups (broad SMARTS) is 1. The molecule has 0 aliphatic carbocycles. The Hall–Kier alpha value is -3.99. The Kier molecular flexibility index (Phi) is 10.2. The summed E-state index contributed by atoms with van der Waals surface area (Å²) in [6.45, 7) is 3.23. The molecule has 4 aromatic carbocycles. The van der Waals surface area contributed by atoms with Crippen LogP contribution >= 0.6 is 11.8 Å². The Morgan fingerprint density at radius 2 is 1.49 bits per heavy atom. The van der Waals surface area contributed by atoms with Crippen LogP contribution in [0.4, 0.5) is 26.3 Å². The van der Waals surface area contributed by atoms with E-state index in [0.29, 0.717) is 28.9 Å². The number of aryl methyl sites for hydroxylation is 2. The summed E-state index contributed by atoms with van der Waals surface area (Å²) >= 11 is 1.29. The Bertz CT molecular complexity index is 1870. The molecule has 0 fully saturated rings. The number of nitrogens with zero attached hydrogens (tertiary/aromatic N) is 1. The van der Waals surface area contributed by atoms with Crippen LogP contribution in [-0.2, 0) is 23.6 Å².